The molecule has 0 aliphatic heterocycles. The molecular formula is C16H14ClN3O. The molecule has 0 bridgehead atoms. The summed E-state index contributed by atoms with van der Waals surface area (Å²) in [4.78, 5) is 7.79. The minimum absolute atomic E-state index is 0.272. The van der Waals surface area contributed by atoms with Crippen LogP contribution in [0.25, 0.3) is 0 Å². The maximum absolute atomic E-state index is 10.4. The lowest BCUT2D eigenvalue weighted by atomic mass is 10.1. The van der Waals surface area contributed by atoms with E-state index in [1.54, 1.807) is 0 Å². The third-order valence-corrected chi connectivity index (χ3v) is 3.60. The van der Waals surface area contributed by atoms with E-state index in [2.05, 4.69) is 22.1 Å². The third kappa shape index (κ3) is 3.12. The molecule has 5 heteroatoms. The van der Waals surface area contributed by atoms with Crippen molar-refractivity contribution in [3.05, 3.63) is 83.2 Å². The number of rotatable bonds is 4. The highest BCUT2D eigenvalue weighted by Crippen LogP contribution is 2.26. The zero-order valence-electron chi connectivity index (χ0n) is 11.2. The summed E-state index contributed by atoms with van der Waals surface area (Å²) in [7, 11) is 0. The van der Waals surface area contributed by atoms with E-state index >= 15 is 0 Å². The van der Waals surface area contributed by atoms with Crippen LogP contribution in [0.2, 0.25) is 5.15 Å². The molecule has 0 saturated carbocycles. The van der Waals surface area contributed by atoms with Crippen LogP contribution in [0.5, 0.6) is 0 Å². The summed E-state index contributed by atoms with van der Waals surface area (Å²) in [6, 6.07) is 12.0. The number of hydrogen-bond donors (Lipinski definition) is 1. The average Bonchev–Trinajstić information content (AvgIpc) is 2.97. The van der Waals surface area contributed by atoms with E-state index in [0.29, 0.717) is 5.56 Å². The molecule has 3 rings (SSSR count). The molecule has 21 heavy (non-hydrogen) atoms. The molecule has 106 valence electrons. The lowest BCUT2D eigenvalue weighted by Crippen LogP contribution is -2.02. The van der Waals surface area contributed by atoms with Gasteiger partial charge in [0, 0.05) is 36.3 Å². The highest BCUT2D eigenvalue weighted by Gasteiger charge is 2.16. The summed E-state index contributed by atoms with van der Waals surface area (Å²) >= 11 is 5.99. The fraction of sp³-hybridized carbons (Fsp3) is 0.125. The molecular weight excluding hydrogens is 286 g/mol. The topological polar surface area (TPSA) is 50.9 Å². The van der Waals surface area contributed by atoms with Gasteiger partial charge in [0.05, 0.1) is 0 Å². The summed E-state index contributed by atoms with van der Waals surface area (Å²) in [6.07, 6.45) is 5.91. The molecule has 3 aromatic rings. The quantitative estimate of drug-likeness (QED) is 0.753. The second-order valence-electron chi connectivity index (χ2n) is 4.77. The molecule has 0 amide bonds. The zero-order chi connectivity index (χ0) is 14.7. The van der Waals surface area contributed by atoms with Crippen LogP contribution in [0.1, 0.15) is 22.8 Å². The number of halogens is 1. The van der Waals surface area contributed by atoms with Crippen LogP contribution in [0.15, 0.2) is 61.3 Å². The van der Waals surface area contributed by atoms with Gasteiger partial charge < -0.3 is 9.67 Å². The first-order valence-corrected chi connectivity index (χ1v) is 6.95. The SMILES string of the molecule is OC(c1ccn(Cc2ccccc2)c1)c1cncnc1Cl. The number of aliphatic hydroxyl groups excluding tert-OH is 1. The normalized spacial score (nSPS) is 12.3. The first-order valence-electron chi connectivity index (χ1n) is 6.57. The maximum Gasteiger partial charge on any atom is 0.138 e. The Bertz CT molecular complexity index is 727. The molecule has 0 spiro atoms. The summed E-state index contributed by atoms with van der Waals surface area (Å²) in [5, 5.41) is 10.6. The molecule has 0 aliphatic rings. The molecule has 1 unspecified atom stereocenters. The Labute approximate surface area is 127 Å². The van der Waals surface area contributed by atoms with E-state index in [-0.39, 0.29) is 5.15 Å². The molecule has 1 aromatic carbocycles. The molecule has 0 radical (unpaired) electrons. The Morgan fingerprint density at radius 3 is 2.76 bits per heavy atom. The lowest BCUT2D eigenvalue weighted by molar-refractivity contribution is 0.219. The molecule has 0 saturated heterocycles. The van der Waals surface area contributed by atoms with E-state index in [0.717, 1.165) is 12.1 Å². The molecule has 1 N–H and O–H groups in total. The fourth-order valence-electron chi connectivity index (χ4n) is 2.20. The van der Waals surface area contributed by atoms with Crippen LogP contribution >= 0.6 is 11.6 Å². The Balaban J connectivity index is 1.80. The number of aromatic nitrogens is 3. The zero-order valence-corrected chi connectivity index (χ0v) is 12.0. The Hall–Kier alpha value is -2.17. The number of benzene rings is 1. The minimum Gasteiger partial charge on any atom is -0.383 e. The predicted molar refractivity (Wildman–Crippen MR) is 81.1 cm³/mol. The highest BCUT2D eigenvalue weighted by molar-refractivity contribution is 6.30. The summed E-state index contributed by atoms with van der Waals surface area (Å²) in [5.74, 6) is 0. The van der Waals surface area contributed by atoms with Crippen molar-refractivity contribution in [3.63, 3.8) is 0 Å². The van der Waals surface area contributed by atoms with Gasteiger partial charge in [-0.25, -0.2) is 9.97 Å². The van der Waals surface area contributed by atoms with Gasteiger partial charge in [0.25, 0.3) is 0 Å². The smallest absolute Gasteiger partial charge is 0.138 e. The average molecular weight is 300 g/mol. The van der Waals surface area contributed by atoms with Gasteiger partial charge in [-0.15, -0.1) is 0 Å². The van der Waals surface area contributed by atoms with Gasteiger partial charge in [0.2, 0.25) is 0 Å². The standard InChI is InChI=1S/C16H14ClN3O/c17-16-14(8-18-11-19-16)15(21)13-6-7-20(10-13)9-12-4-2-1-3-5-12/h1-8,10-11,15,21H,9H2. The van der Waals surface area contributed by atoms with E-state index in [4.69, 9.17) is 11.6 Å². The number of aliphatic hydroxyl groups is 1. The van der Waals surface area contributed by atoms with Crippen molar-refractivity contribution in [2.45, 2.75) is 12.6 Å². The van der Waals surface area contributed by atoms with Gasteiger partial charge in [-0.05, 0) is 11.6 Å². The first-order chi connectivity index (χ1) is 10.2. The van der Waals surface area contributed by atoms with Crippen molar-refractivity contribution < 1.29 is 5.11 Å². The van der Waals surface area contributed by atoms with Crippen molar-refractivity contribution >= 4 is 11.6 Å². The van der Waals surface area contributed by atoms with Gasteiger partial charge in [0.15, 0.2) is 0 Å². The third-order valence-electron chi connectivity index (χ3n) is 3.28. The Kier molecular flexibility index (Phi) is 3.99. The molecule has 0 fully saturated rings. The van der Waals surface area contributed by atoms with Crippen molar-refractivity contribution in [2.24, 2.45) is 0 Å². The Morgan fingerprint density at radius 1 is 1.19 bits per heavy atom. The van der Waals surface area contributed by atoms with Crippen LogP contribution in [0, 0.1) is 0 Å². The van der Waals surface area contributed by atoms with Crippen molar-refractivity contribution in [1.82, 2.24) is 14.5 Å². The van der Waals surface area contributed by atoms with Crippen molar-refractivity contribution in [2.75, 3.05) is 0 Å². The van der Waals surface area contributed by atoms with Gasteiger partial charge in [-0.1, -0.05) is 41.9 Å². The van der Waals surface area contributed by atoms with Gasteiger partial charge in [-0.2, -0.15) is 0 Å². The molecule has 2 aromatic heterocycles. The molecule has 4 nitrogen and oxygen atoms in total. The van der Waals surface area contributed by atoms with Crippen LogP contribution in [-0.4, -0.2) is 19.6 Å². The fourth-order valence-corrected chi connectivity index (χ4v) is 2.40. The second kappa shape index (κ2) is 6.08. The number of hydrogen-bond acceptors (Lipinski definition) is 3. The number of nitrogens with zero attached hydrogens (tertiary/aromatic N) is 3. The van der Waals surface area contributed by atoms with Gasteiger partial charge >= 0.3 is 0 Å². The first kappa shape index (κ1) is 13.8. The molecule has 1 atom stereocenters. The van der Waals surface area contributed by atoms with Gasteiger partial charge in [0.1, 0.15) is 17.6 Å². The van der Waals surface area contributed by atoms with Crippen molar-refractivity contribution in [3.8, 4) is 0 Å². The van der Waals surface area contributed by atoms with E-state index in [1.807, 2.05) is 41.2 Å². The van der Waals surface area contributed by atoms with E-state index in [1.165, 1.54) is 18.1 Å². The minimum atomic E-state index is -0.823. The lowest BCUT2D eigenvalue weighted by Gasteiger charge is -2.09. The van der Waals surface area contributed by atoms with Crippen LogP contribution in [-0.2, 0) is 6.54 Å². The predicted octanol–water partition coefficient (Wildman–Crippen LogP) is 3.06. The van der Waals surface area contributed by atoms with Crippen molar-refractivity contribution in [1.29, 1.82) is 0 Å². The largest absolute Gasteiger partial charge is 0.383 e. The monoisotopic (exact) mass is 299 g/mol. The summed E-state index contributed by atoms with van der Waals surface area (Å²) in [5.41, 5.74) is 2.48. The highest BCUT2D eigenvalue weighted by atomic mass is 35.5. The Morgan fingerprint density at radius 2 is 2.00 bits per heavy atom. The van der Waals surface area contributed by atoms with E-state index < -0.39 is 6.10 Å². The summed E-state index contributed by atoms with van der Waals surface area (Å²) in [6.45, 7) is 0.757. The summed E-state index contributed by atoms with van der Waals surface area (Å²) < 4.78 is 2.02. The van der Waals surface area contributed by atoms with E-state index in [9.17, 15) is 5.11 Å². The second-order valence-corrected chi connectivity index (χ2v) is 5.13. The maximum atomic E-state index is 10.4. The van der Waals surface area contributed by atoms with Crippen LogP contribution in [0.4, 0.5) is 0 Å². The molecule has 0 aliphatic carbocycles. The molecule has 2 heterocycles. The van der Waals surface area contributed by atoms with Crippen LogP contribution < -0.4 is 0 Å². The van der Waals surface area contributed by atoms with Crippen LogP contribution in [0.3, 0.4) is 0 Å². The van der Waals surface area contributed by atoms with Gasteiger partial charge in [-0.3, -0.25) is 0 Å².